The molecule has 92 valence electrons. The van der Waals surface area contributed by atoms with E-state index in [2.05, 4.69) is 35.9 Å². The lowest BCUT2D eigenvalue weighted by Gasteiger charge is -1.75. The lowest BCUT2D eigenvalue weighted by atomic mass is 10.3. The molecule has 0 aromatic rings. The van der Waals surface area contributed by atoms with Gasteiger partial charge >= 0.3 is 0 Å². The van der Waals surface area contributed by atoms with Crippen LogP contribution in [0.4, 0.5) is 0 Å². The second-order valence-corrected chi connectivity index (χ2v) is 2.80. The van der Waals surface area contributed by atoms with Crippen LogP contribution in [-0.4, -0.2) is 20.6 Å². The molecule has 5 nitrogen and oxygen atoms in total. The lowest BCUT2D eigenvalue weighted by Crippen LogP contribution is -2.03. The number of nitrogens with zero attached hydrogens (tertiary/aromatic N) is 1. The van der Waals surface area contributed by atoms with E-state index in [4.69, 9.17) is 15.5 Å². The molecule has 0 aliphatic heterocycles. The minimum Gasteiger partial charge on any atom is -0.487 e. The Morgan fingerprint density at radius 1 is 1.13 bits per heavy atom. The van der Waals surface area contributed by atoms with Crippen molar-refractivity contribution >= 4 is 34.8 Å². The minimum absolute atomic E-state index is 0. The molecule has 0 rings (SSSR count). The highest BCUT2D eigenvalue weighted by Gasteiger charge is 1.78. The fraction of sp³-hybridized carbons (Fsp3) is 0.625. The molecule has 0 aromatic carbocycles. The van der Waals surface area contributed by atoms with Gasteiger partial charge in [-0.15, -0.1) is 0 Å². The summed E-state index contributed by atoms with van der Waals surface area (Å²) < 4.78 is 0. The number of nitriles is 1. The van der Waals surface area contributed by atoms with Crippen molar-refractivity contribution < 1.29 is 10.2 Å². The number of hydrogen-bond acceptors (Lipinski definition) is 3. The molecule has 0 spiro atoms. The van der Waals surface area contributed by atoms with Crippen molar-refractivity contribution in [2.75, 3.05) is 0 Å². The monoisotopic (exact) mass is 255 g/mol. The van der Waals surface area contributed by atoms with Crippen molar-refractivity contribution in [3.63, 3.8) is 0 Å². The molecule has 15 heavy (non-hydrogen) atoms. The summed E-state index contributed by atoms with van der Waals surface area (Å²) in [5.74, 6) is 0.190. The molecule has 0 aliphatic rings. The first-order valence-corrected chi connectivity index (χ1v) is 3.92. The Hall–Kier alpha value is -1.13. The minimum atomic E-state index is -0.500. The number of thiocarbonyl (C=S) groups is 2. The number of rotatable bonds is 0. The van der Waals surface area contributed by atoms with E-state index in [1.165, 1.54) is 0 Å². The van der Waals surface area contributed by atoms with Crippen LogP contribution < -0.4 is 11.5 Å². The molecule has 0 heterocycles. The average Bonchev–Trinajstić information content (AvgIpc) is 1.84. The molecule has 0 bridgehead atoms. The van der Waals surface area contributed by atoms with Gasteiger partial charge < -0.3 is 21.7 Å². The Bertz CT molecular complexity index is 171. The lowest BCUT2D eigenvalue weighted by molar-refractivity contribution is 0.559. The van der Waals surface area contributed by atoms with Crippen molar-refractivity contribution in [2.24, 2.45) is 17.4 Å². The van der Waals surface area contributed by atoms with Crippen LogP contribution in [0.1, 0.15) is 28.7 Å². The molecule has 7 heteroatoms. The van der Waals surface area contributed by atoms with Crippen molar-refractivity contribution in [3.8, 4) is 6.07 Å². The maximum absolute atomic E-state index is 7.89. The van der Waals surface area contributed by atoms with Gasteiger partial charge in [0.2, 0.25) is 0 Å². The van der Waals surface area contributed by atoms with Crippen LogP contribution in [-0.2, 0) is 0 Å². The zero-order valence-electron chi connectivity index (χ0n) is 7.39. The second-order valence-electron chi connectivity index (χ2n) is 1.96. The van der Waals surface area contributed by atoms with E-state index in [9.17, 15) is 0 Å². The quantitative estimate of drug-likeness (QED) is 0.489. The third-order valence-corrected chi connectivity index (χ3v) is 0.258. The highest BCUT2D eigenvalue weighted by molar-refractivity contribution is 7.80. The zero-order valence-corrected chi connectivity index (χ0v) is 9.02. The van der Waals surface area contributed by atoms with Gasteiger partial charge in [0.15, 0.2) is 0 Å². The van der Waals surface area contributed by atoms with E-state index in [-0.39, 0.29) is 20.8 Å². The summed E-state index contributed by atoms with van der Waals surface area (Å²) in [4.78, 5) is 0. The van der Waals surface area contributed by atoms with Crippen LogP contribution in [0.15, 0.2) is 0 Å². The molecule has 0 saturated heterocycles. The molecule has 0 aliphatic carbocycles. The van der Waals surface area contributed by atoms with E-state index in [1.54, 1.807) is 0 Å². The maximum Gasteiger partial charge on any atom is 0.251 e. The highest BCUT2D eigenvalue weighted by atomic mass is 32.1. The summed E-state index contributed by atoms with van der Waals surface area (Å²) in [6, 6.07) is 2.03. The van der Waals surface area contributed by atoms with E-state index < -0.39 is 10.3 Å². The van der Waals surface area contributed by atoms with Crippen LogP contribution in [0.2, 0.25) is 0 Å². The number of hydrogen-bond donors (Lipinski definition) is 4. The Kier molecular flexibility index (Phi) is 44.9. The summed E-state index contributed by atoms with van der Waals surface area (Å²) in [6.45, 7) is 3.72. The van der Waals surface area contributed by atoms with E-state index in [0.717, 1.165) is 0 Å². The Morgan fingerprint density at radius 2 is 1.20 bits per heavy atom. The van der Waals surface area contributed by atoms with Crippen molar-refractivity contribution in [1.82, 2.24) is 0 Å². The fourth-order valence-corrected chi connectivity index (χ4v) is 0. The van der Waals surface area contributed by atoms with Gasteiger partial charge in [-0.05, 0) is 38.3 Å². The summed E-state index contributed by atoms with van der Waals surface area (Å²) in [7, 11) is 0. The maximum atomic E-state index is 7.89. The molecular formula is C8H21N3O2S2. The van der Waals surface area contributed by atoms with Gasteiger partial charge in [0, 0.05) is 5.92 Å². The second kappa shape index (κ2) is 23.0. The van der Waals surface area contributed by atoms with Crippen molar-refractivity contribution in [3.05, 3.63) is 0 Å². The zero-order chi connectivity index (χ0) is 11.4. The number of aliphatic hydroxyl groups is 2. The molecule has 0 saturated carbocycles. The molecule has 0 radical (unpaired) electrons. The molecule has 0 atom stereocenters. The predicted molar refractivity (Wildman–Crippen MR) is 72.7 cm³/mol. The third-order valence-electron chi connectivity index (χ3n) is 0.258. The van der Waals surface area contributed by atoms with Crippen LogP contribution in [0, 0.1) is 17.2 Å². The fourth-order valence-electron chi connectivity index (χ4n) is 0. The van der Waals surface area contributed by atoms with Gasteiger partial charge in [-0.3, -0.25) is 0 Å². The smallest absolute Gasteiger partial charge is 0.251 e. The van der Waals surface area contributed by atoms with Crippen LogP contribution in [0.5, 0.6) is 0 Å². The summed E-state index contributed by atoms with van der Waals surface area (Å²) >= 11 is 7.74. The normalized spacial score (nSPS) is 5.73. The van der Waals surface area contributed by atoms with Crippen LogP contribution in [0.25, 0.3) is 0 Å². The number of aliphatic hydroxyl groups excluding tert-OH is 2. The summed E-state index contributed by atoms with van der Waals surface area (Å²) in [5, 5.41) is 22.0. The van der Waals surface area contributed by atoms with Crippen LogP contribution in [0.3, 0.4) is 0 Å². The average molecular weight is 255 g/mol. The molecule has 0 fully saturated rings. The first-order chi connectivity index (χ1) is 5.73. The summed E-state index contributed by atoms with van der Waals surface area (Å²) in [6.07, 6.45) is 0. The molecule has 0 aromatic heterocycles. The first-order valence-electron chi connectivity index (χ1n) is 3.10. The molecule has 0 unspecified atom stereocenters. The topological polar surface area (TPSA) is 116 Å². The summed E-state index contributed by atoms with van der Waals surface area (Å²) in [5.41, 5.74) is 8.80. The Labute approximate surface area is 103 Å². The SMILES string of the molecule is C.C.CC(C)C#N.NC(O)=S.NC(O)=S. The molecule has 6 N–H and O–H groups in total. The molecule has 0 amide bonds. The van der Waals surface area contributed by atoms with Gasteiger partial charge in [0.1, 0.15) is 0 Å². The van der Waals surface area contributed by atoms with Gasteiger partial charge in [0.05, 0.1) is 6.07 Å². The highest BCUT2D eigenvalue weighted by Crippen LogP contribution is 1.81. The largest absolute Gasteiger partial charge is 0.487 e. The van der Waals surface area contributed by atoms with Gasteiger partial charge in [-0.2, -0.15) is 5.26 Å². The molecular weight excluding hydrogens is 234 g/mol. The van der Waals surface area contributed by atoms with E-state index in [1.807, 2.05) is 19.9 Å². The standard InChI is InChI=1S/C4H7N.2CH3NOS.2CH4/c1-4(2)3-5;2*2-1(3)4;;/h4H,1-2H3;2*(H3,2,3,4);2*1H4. The van der Waals surface area contributed by atoms with Gasteiger partial charge in [0.25, 0.3) is 10.3 Å². The van der Waals surface area contributed by atoms with Crippen LogP contribution >= 0.6 is 24.4 Å². The van der Waals surface area contributed by atoms with Gasteiger partial charge in [-0.25, -0.2) is 0 Å². The van der Waals surface area contributed by atoms with Crippen molar-refractivity contribution in [2.45, 2.75) is 28.7 Å². The number of nitrogens with two attached hydrogens (primary N) is 2. The predicted octanol–water partition coefficient (Wildman–Crippen LogP) is 2.01. The Morgan fingerprint density at radius 3 is 1.20 bits per heavy atom. The van der Waals surface area contributed by atoms with E-state index in [0.29, 0.717) is 0 Å². The third kappa shape index (κ3) is 2010. The van der Waals surface area contributed by atoms with Crippen molar-refractivity contribution in [1.29, 1.82) is 5.26 Å². The van der Waals surface area contributed by atoms with E-state index >= 15 is 0 Å². The Balaban J connectivity index is -0.0000000315. The first kappa shape index (κ1) is 29.2. The van der Waals surface area contributed by atoms with Gasteiger partial charge in [-0.1, -0.05) is 14.9 Å².